The fraction of sp³-hybridized carbons (Fsp3) is 0.308. The summed E-state index contributed by atoms with van der Waals surface area (Å²) in [5.74, 6) is -5.13. The van der Waals surface area contributed by atoms with E-state index >= 15 is 8.78 Å². The monoisotopic (exact) mass is 672 g/mol. The molecule has 1 aromatic heterocycles. The van der Waals surface area contributed by atoms with Crippen molar-refractivity contribution in [2.75, 3.05) is 25.1 Å². The third kappa shape index (κ3) is 6.48. The van der Waals surface area contributed by atoms with E-state index in [0.29, 0.717) is 16.8 Å². The predicted octanol–water partition coefficient (Wildman–Crippen LogP) is 4.09. The largest absolute Gasteiger partial charge is 0.491 e. The minimum atomic E-state index is -4.86. The van der Waals surface area contributed by atoms with Crippen LogP contribution in [-0.4, -0.2) is 48.5 Å². The molecule has 1 heterocycles. The number of carbonyl (C=O) groups excluding carboxylic acids is 1. The molecule has 3 aromatic rings. The van der Waals surface area contributed by atoms with Crippen LogP contribution in [0.3, 0.4) is 0 Å². The second-order valence-corrected chi connectivity index (χ2v) is 12.3. The van der Waals surface area contributed by atoms with Gasteiger partial charge in [-0.05, 0) is 89.7 Å². The highest BCUT2D eigenvalue weighted by Gasteiger charge is 2.39. The second kappa shape index (κ2) is 12.1. The first-order valence-electron chi connectivity index (χ1n) is 12.0. The molecule has 9 nitrogen and oxygen atoms in total. The van der Waals surface area contributed by atoms with E-state index in [1.807, 2.05) is 0 Å². The number of aromatic nitrogens is 1. The van der Waals surface area contributed by atoms with E-state index in [-0.39, 0.29) is 19.1 Å². The summed E-state index contributed by atoms with van der Waals surface area (Å²) >= 11 is 2.10. The van der Waals surface area contributed by atoms with Crippen molar-refractivity contribution < 1.29 is 31.8 Å². The molecule has 1 saturated carbocycles. The number of nitrogens with two attached hydrogens (primary N) is 1. The maximum absolute atomic E-state index is 15.9. The first-order chi connectivity index (χ1) is 18.5. The fourth-order valence-corrected chi connectivity index (χ4v) is 6.23. The van der Waals surface area contributed by atoms with Crippen molar-refractivity contribution in [3.05, 3.63) is 74.6 Å². The van der Waals surface area contributed by atoms with Crippen LogP contribution in [0, 0.1) is 28.0 Å². The molecule has 0 bridgehead atoms. The molecule has 0 aliphatic heterocycles. The van der Waals surface area contributed by atoms with Crippen LogP contribution < -0.4 is 15.8 Å². The zero-order valence-corrected chi connectivity index (χ0v) is 23.9. The van der Waals surface area contributed by atoms with E-state index < -0.39 is 62.6 Å². The van der Waals surface area contributed by atoms with Crippen molar-refractivity contribution in [3.8, 4) is 5.75 Å². The first kappa shape index (κ1) is 29.1. The van der Waals surface area contributed by atoms with Crippen molar-refractivity contribution in [3.63, 3.8) is 0 Å². The second-order valence-electron chi connectivity index (χ2n) is 9.16. The molecule has 0 spiro atoms. The van der Waals surface area contributed by atoms with Gasteiger partial charge in [0.15, 0.2) is 22.3 Å². The van der Waals surface area contributed by atoms with Gasteiger partial charge in [0.2, 0.25) is 10.0 Å². The number of ether oxygens (including phenoxy) is 1. The fourth-order valence-electron chi connectivity index (χ4n) is 3.97. The molecule has 13 heteroatoms. The molecule has 2 aromatic carbocycles. The Balaban J connectivity index is 1.91. The van der Waals surface area contributed by atoms with Crippen molar-refractivity contribution in [1.29, 1.82) is 0 Å². The number of sulfonamides is 1. The predicted molar refractivity (Wildman–Crippen MR) is 149 cm³/mol. The Kier molecular flexibility index (Phi) is 9.03. The number of benzene rings is 2. The van der Waals surface area contributed by atoms with E-state index in [9.17, 15) is 18.3 Å². The van der Waals surface area contributed by atoms with Crippen LogP contribution in [0.25, 0.3) is 0 Å². The van der Waals surface area contributed by atoms with Crippen LogP contribution in [0.15, 0.2) is 47.6 Å². The molecule has 4 rings (SSSR count). The Morgan fingerprint density at radius 1 is 1.23 bits per heavy atom. The van der Waals surface area contributed by atoms with Crippen molar-refractivity contribution in [2.45, 2.75) is 31.2 Å². The van der Waals surface area contributed by atoms with Gasteiger partial charge < -0.3 is 20.9 Å². The number of carbonyl (C=O) groups is 1. The smallest absolute Gasteiger partial charge is 0.254 e. The topological polar surface area (TPSA) is 135 Å². The molecule has 0 saturated heterocycles. The lowest BCUT2D eigenvalue weighted by Crippen LogP contribution is -2.35. The Labute approximate surface area is 238 Å². The maximum Gasteiger partial charge on any atom is 0.254 e. The molecule has 0 radical (unpaired) electrons. The number of halogens is 3. The van der Waals surface area contributed by atoms with Crippen LogP contribution in [0.5, 0.6) is 5.75 Å². The summed E-state index contributed by atoms with van der Waals surface area (Å²) in [5.41, 5.74) is 5.90. The summed E-state index contributed by atoms with van der Waals surface area (Å²) in [6.07, 6.45) is 4.51. The molecule has 1 aliphatic carbocycles. The van der Waals surface area contributed by atoms with Gasteiger partial charge in [0.05, 0.1) is 18.9 Å². The maximum atomic E-state index is 15.9. The number of primary amides is 1. The third-order valence-electron chi connectivity index (χ3n) is 6.21. The van der Waals surface area contributed by atoms with Crippen LogP contribution in [-0.2, 0) is 16.6 Å². The van der Waals surface area contributed by atoms with Gasteiger partial charge in [-0.3, -0.25) is 9.78 Å². The molecule has 0 atom stereocenters. The van der Waals surface area contributed by atoms with Gasteiger partial charge in [0.25, 0.3) is 5.91 Å². The first-order valence-corrected chi connectivity index (χ1v) is 14.6. The highest BCUT2D eigenvalue weighted by molar-refractivity contribution is 14.1. The van der Waals surface area contributed by atoms with Crippen LogP contribution >= 0.6 is 22.6 Å². The molecule has 208 valence electrons. The van der Waals surface area contributed by atoms with Gasteiger partial charge in [-0.25, -0.2) is 17.2 Å². The highest BCUT2D eigenvalue weighted by Crippen LogP contribution is 2.42. The molecule has 1 fully saturated rings. The molecule has 1 amide bonds. The number of pyridine rings is 1. The van der Waals surface area contributed by atoms with Gasteiger partial charge in [-0.2, -0.15) is 4.31 Å². The SMILES string of the molecule is Cc1cc(I)ccc1Nc1c(F)c(F)c(S(=O)(=O)N(CCO)Cc2ccncc2)c(OCC2CC2)c1C(N)=O. The van der Waals surface area contributed by atoms with Crippen LogP contribution in [0.2, 0.25) is 0 Å². The Bertz CT molecular complexity index is 1490. The molecule has 39 heavy (non-hydrogen) atoms. The number of aliphatic hydroxyl groups is 1. The van der Waals surface area contributed by atoms with E-state index in [1.54, 1.807) is 37.3 Å². The number of aryl methyl sites for hydroxylation is 1. The number of nitrogens with zero attached hydrogens (tertiary/aromatic N) is 2. The summed E-state index contributed by atoms with van der Waals surface area (Å²) in [7, 11) is -4.86. The zero-order chi connectivity index (χ0) is 28.3. The quantitative estimate of drug-likeness (QED) is 0.247. The number of hydrogen-bond acceptors (Lipinski definition) is 7. The van der Waals surface area contributed by atoms with Gasteiger partial charge in [0.1, 0.15) is 5.56 Å². The lowest BCUT2D eigenvalue weighted by atomic mass is 10.1. The Hall–Kier alpha value is -2.88. The van der Waals surface area contributed by atoms with E-state index in [4.69, 9.17) is 10.5 Å². The van der Waals surface area contributed by atoms with Crippen LogP contribution in [0.1, 0.15) is 34.3 Å². The van der Waals surface area contributed by atoms with Crippen molar-refractivity contribution in [2.24, 2.45) is 11.7 Å². The summed E-state index contributed by atoms with van der Waals surface area (Å²) in [6, 6.07) is 8.23. The van der Waals surface area contributed by atoms with E-state index in [0.717, 1.165) is 20.7 Å². The van der Waals surface area contributed by atoms with Gasteiger partial charge in [-0.1, -0.05) is 0 Å². The summed E-state index contributed by atoms with van der Waals surface area (Å²) < 4.78 is 66.8. The van der Waals surface area contributed by atoms with Crippen molar-refractivity contribution in [1.82, 2.24) is 9.29 Å². The van der Waals surface area contributed by atoms with E-state index in [1.165, 1.54) is 12.4 Å². The van der Waals surface area contributed by atoms with Crippen LogP contribution in [0.4, 0.5) is 20.2 Å². The van der Waals surface area contributed by atoms with Crippen molar-refractivity contribution >= 4 is 49.9 Å². The lowest BCUT2D eigenvalue weighted by Gasteiger charge is -2.25. The van der Waals surface area contributed by atoms with E-state index in [2.05, 4.69) is 32.9 Å². The van der Waals surface area contributed by atoms with Gasteiger partial charge in [0, 0.05) is 34.7 Å². The normalized spacial score (nSPS) is 13.5. The molecular formula is C26H27F2IN4O5S. The summed E-state index contributed by atoms with van der Waals surface area (Å²) in [5, 5.41) is 12.3. The number of anilines is 2. The number of aliphatic hydroxyl groups excluding tert-OH is 1. The Morgan fingerprint density at radius 3 is 2.51 bits per heavy atom. The standard InChI is InChI=1S/C26H27F2IN4O5S/c1-15-12-18(29)4-5-19(15)32-23-20(26(30)35)24(38-14-17-2-3-17)25(22(28)21(23)27)39(36,37)33(10-11-34)13-16-6-8-31-9-7-16/h4-9,12,17,32,34H,2-3,10-11,13-14H2,1H3,(H2,30,35). The number of hydrogen-bond donors (Lipinski definition) is 3. The third-order valence-corrected chi connectivity index (χ3v) is 8.75. The van der Waals surface area contributed by atoms with Gasteiger partial charge in [-0.15, -0.1) is 0 Å². The minimum Gasteiger partial charge on any atom is -0.491 e. The average Bonchev–Trinajstić information content (AvgIpc) is 3.71. The molecular weight excluding hydrogens is 645 g/mol. The summed E-state index contributed by atoms with van der Waals surface area (Å²) in [6.45, 7) is 0.420. The Morgan fingerprint density at radius 2 is 1.92 bits per heavy atom. The van der Waals surface area contributed by atoms with Gasteiger partial charge >= 0.3 is 0 Å². The minimum absolute atomic E-state index is 0.0137. The molecule has 4 N–H and O–H groups in total. The molecule has 1 aliphatic rings. The summed E-state index contributed by atoms with van der Waals surface area (Å²) in [4.78, 5) is 15.5. The number of nitrogens with one attached hydrogen (secondary N) is 1. The highest BCUT2D eigenvalue weighted by atomic mass is 127. The lowest BCUT2D eigenvalue weighted by molar-refractivity contribution is 0.0995. The zero-order valence-electron chi connectivity index (χ0n) is 21.0. The number of amides is 1. The number of rotatable bonds is 12. The average molecular weight is 672 g/mol. The molecule has 0 unspecified atom stereocenters.